The van der Waals surface area contributed by atoms with Crippen LogP contribution in [0, 0.1) is 11.8 Å². The zero-order valence-electron chi connectivity index (χ0n) is 8.95. The molecule has 2 rings (SSSR count). The lowest BCUT2D eigenvalue weighted by Crippen LogP contribution is -2.50. The first-order valence-electron chi connectivity index (χ1n) is 5.35. The van der Waals surface area contributed by atoms with Gasteiger partial charge in [0.05, 0.1) is 0 Å². The fraction of sp³-hybridized carbons (Fsp3) is 0.909. The van der Waals surface area contributed by atoms with Crippen molar-refractivity contribution in [1.82, 2.24) is 4.90 Å². The summed E-state index contributed by atoms with van der Waals surface area (Å²) >= 11 is 0. The van der Waals surface area contributed by atoms with E-state index >= 15 is 0 Å². The van der Waals surface area contributed by atoms with Gasteiger partial charge in [-0.25, -0.2) is 0 Å². The van der Waals surface area contributed by atoms with Crippen LogP contribution in [-0.4, -0.2) is 28.8 Å². The summed E-state index contributed by atoms with van der Waals surface area (Å²) in [6.07, 6.45) is 1.11. The molecule has 2 bridgehead atoms. The second-order valence-corrected chi connectivity index (χ2v) is 4.88. The van der Waals surface area contributed by atoms with Crippen LogP contribution in [0.25, 0.3) is 0 Å². The average molecular weight is 181 g/mol. The number of hydrogen-bond acceptors (Lipinski definition) is 2. The Bertz CT molecular complexity index is 236. The van der Waals surface area contributed by atoms with Gasteiger partial charge in [-0.05, 0) is 27.2 Å². The number of piperidine rings is 1. The van der Waals surface area contributed by atoms with Crippen molar-refractivity contribution in [3.8, 4) is 0 Å². The normalized spacial score (nSPS) is 45.2. The Balaban J connectivity index is 2.24. The molecule has 0 spiro atoms. The fourth-order valence-electron chi connectivity index (χ4n) is 3.29. The van der Waals surface area contributed by atoms with Crippen LogP contribution in [0.1, 0.15) is 34.1 Å². The summed E-state index contributed by atoms with van der Waals surface area (Å²) in [6.45, 7) is 8.76. The van der Waals surface area contributed by atoms with Gasteiger partial charge in [0.1, 0.15) is 5.78 Å². The molecule has 1 heterocycles. The Labute approximate surface area is 80.3 Å². The van der Waals surface area contributed by atoms with Gasteiger partial charge in [-0.1, -0.05) is 6.92 Å². The second kappa shape index (κ2) is 2.81. The zero-order chi connectivity index (χ0) is 9.75. The van der Waals surface area contributed by atoms with E-state index in [2.05, 4.69) is 32.6 Å². The van der Waals surface area contributed by atoms with Crippen LogP contribution in [0.4, 0.5) is 0 Å². The van der Waals surface area contributed by atoms with Crippen LogP contribution in [-0.2, 0) is 4.79 Å². The van der Waals surface area contributed by atoms with Gasteiger partial charge in [-0.15, -0.1) is 0 Å². The molecule has 2 fully saturated rings. The molecule has 4 unspecified atom stereocenters. The minimum atomic E-state index is 0.281. The lowest BCUT2D eigenvalue weighted by atomic mass is 9.92. The third-order valence-electron chi connectivity index (χ3n) is 3.92. The van der Waals surface area contributed by atoms with Gasteiger partial charge >= 0.3 is 0 Å². The summed E-state index contributed by atoms with van der Waals surface area (Å²) in [5, 5.41) is 0. The van der Waals surface area contributed by atoms with Gasteiger partial charge < -0.3 is 0 Å². The summed E-state index contributed by atoms with van der Waals surface area (Å²) in [5.74, 6) is 1.13. The Hall–Kier alpha value is -0.370. The zero-order valence-corrected chi connectivity index (χ0v) is 8.95. The SMILES string of the molecule is CC1C(=O)C2CC1N(C(C)C)C2C. The molecule has 1 saturated carbocycles. The standard InChI is InChI=1S/C11H19NO/c1-6(2)12-8(4)9-5-10(12)7(3)11(9)13/h6-10H,5H2,1-4H3. The second-order valence-electron chi connectivity index (χ2n) is 4.88. The van der Waals surface area contributed by atoms with Crippen LogP contribution >= 0.6 is 0 Å². The molecule has 1 aliphatic carbocycles. The van der Waals surface area contributed by atoms with E-state index < -0.39 is 0 Å². The summed E-state index contributed by atoms with van der Waals surface area (Å²) in [6, 6.07) is 1.60. The van der Waals surface area contributed by atoms with E-state index in [0.29, 0.717) is 29.8 Å². The number of fused-ring (bicyclic) bond motifs is 2. The average Bonchev–Trinajstić information content (AvgIpc) is 2.50. The maximum absolute atomic E-state index is 11.7. The number of ketones is 1. The largest absolute Gasteiger partial charge is 0.299 e. The third-order valence-corrected chi connectivity index (χ3v) is 3.92. The molecule has 2 aliphatic rings. The predicted molar refractivity (Wildman–Crippen MR) is 52.5 cm³/mol. The number of rotatable bonds is 1. The molecule has 0 amide bonds. The van der Waals surface area contributed by atoms with Crippen molar-refractivity contribution in [1.29, 1.82) is 0 Å². The van der Waals surface area contributed by atoms with E-state index in [1.165, 1.54) is 0 Å². The molecule has 1 aliphatic heterocycles. The van der Waals surface area contributed by atoms with E-state index in [-0.39, 0.29) is 5.92 Å². The van der Waals surface area contributed by atoms with Crippen molar-refractivity contribution < 1.29 is 4.79 Å². The minimum Gasteiger partial charge on any atom is -0.299 e. The number of hydrogen-bond donors (Lipinski definition) is 0. The summed E-state index contributed by atoms with van der Waals surface area (Å²) in [5.41, 5.74) is 0. The molecule has 4 atom stereocenters. The summed E-state index contributed by atoms with van der Waals surface area (Å²) in [7, 11) is 0. The van der Waals surface area contributed by atoms with E-state index in [1.54, 1.807) is 0 Å². The summed E-state index contributed by atoms with van der Waals surface area (Å²) < 4.78 is 0. The smallest absolute Gasteiger partial charge is 0.141 e. The number of Topliss-reactive ketones (excluding diaryl/α,β-unsaturated/α-hetero) is 1. The van der Waals surface area contributed by atoms with Crippen molar-refractivity contribution in [3.63, 3.8) is 0 Å². The van der Waals surface area contributed by atoms with E-state index in [4.69, 9.17) is 0 Å². The van der Waals surface area contributed by atoms with Gasteiger partial charge in [0, 0.05) is 30.0 Å². The first kappa shape index (κ1) is 9.20. The third kappa shape index (κ3) is 1.08. The van der Waals surface area contributed by atoms with Crippen molar-refractivity contribution in [2.75, 3.05) is 0 Å². The Morgan fingerprint density at radius 1 is 1.38 bits per heavy atom. The monoisotopic (exact) mass is 181 g/mol. The van der Waals surface area contributed by atoms with Crippen molar-refractivity contribution in [3.05, 3.63) is 0 Å². The Morgan fingerprint density at radius 2 is 2.00 bits per heavy atom. The Morgan fingerprint density at radius 3 is 2.46 bits per heavy atom. The number of nitrogens with zero attached hydrogens (tertiary/aromatic N) is 1. The molecule has 0 N–H and O–H groups in total. The Kier molecular flexibility index (Phi) is 1.99. The topological polar surface area (TPSA) is 20.3 Å². The number of carbonyl (C=O) groups excluding carboxylic acids is 1. The van der Waals surface area contributed by atoms with Crippen molar-refractivity contribution in [2.45, 2.75) is 52.2 Å². The minimum absolute atomic E-state index is 0.281. The van der Waals surface area contributed by atoms with Gasteiger partial charge in [-0.3, -0.25) is 9.69 Å². The van der Waals surface area contributed by atoms with E-state index in [1.807, 2.05) is 0 Å². The lowest BCUT2D eigenvalue weighted by Gasteiger charge is -2.38. The first-order chi connectivity index (χ1) is 6.04. The quantitative estimate of drug-likeness (QED) is 0.613. The highest BCUT2D eigenvalue weighted by Crippen LogP contribution is 2.44. The number of carbonyl (C=O) groups is 1. The molecule has 1 saturated heterocycles. The molecule has 0 radical (unpaired) electrons. The maximum atomic E-state index is 11.7. The summed E-state index contributed by atoms with van der Waals surface area (Å²) in [4.78, 5) is 14.2. The first-order valence-corrected chi connectivity index (χ1v) is 5.35. The molecule has 0 aromatic rings. The van der Waals surface area contributed by atoms with Crippen LogP contribution in [0.3, 0.4) is 0 Å². The molecule has 0 aromatic heterocycles. The van der Waals surface area contributed by atoms with E-state index in [0.717, 1.165) is 6.42 Å². The molecule has 2 heteroatoms. The van der Waals surface area contributed by atoms with Crippen LogP contribution in [0.2, 0.25) is 0 Å². The predicted octanol–water partition coefficient (Wildman–Crippen LogP) is 1.69. The highest BCUT2D eigenvalue weighted by atomic mass is 16.1. The molecule has 0 aromatic carbocycles. The van der Waals surface area contributed by atoms with Crippen molar-refractivity contribution in [2.24, 2.45) is 11.8 Å². The van der Waals surface area contributed by atoms with Crippen molar-refractivity contribution >= 4 is 5.78 Å². The highest BCUT2D eigenvalue weighted by Gasteiger charge is 2.53. The molecule has 74 valence electrons. The highest BCUT2D eigenvalue weighted by molar-refractivity contribution is 5.88. The van der Waals surface area contributed by atoms with Crippen LogP contribution in [0.5, 0.6) is 0 Å². The van der Waals surface area contributed by atoms with Gasteiger partial charge in [-0.2, -0.15) is 0 Å². The fourth-order valence-corrected chi connectivity index (χ4v) is 3.29. The van der Waals surface area contributed by atoms with Gasteiger partial charge in [0.25, 0.3) is 0 Å². The molecular formula is C11H19NO. The molecule has 13 heavy (non-hydrogen) atoms. The van der Waals surface area contributed by atoms with Crippen LogP contribution in [0.15, 0.2) is 0 Å². The van der Waals surface area contributed by atoms with Gasteiger partial charge in [0.15, 0.2) is 0 Å². The molecular weight excluding hydrogens is 162 g/mol. The molecule has 2 nitrogen and oxygen atoms in total. The maximum Gasteiger partial charge on any atom is 0.141 e. The van der Waals surface area contributed by atoms with Gasteiger partial charge in [0.2, 0.25) is 0 Å². The van der Waals surface area contributed by atoms with Crippen LogP contribution < -0.4 is 0 Å². The van der Waals surface area contributed by atoms with E-state index in [9.17, 15) is 4.79 Å². The lowest BCUT2D eigenvalue weighted by molar-refractivity contribution is -0.129. The number of likely N-dealkylation sites (tertiary alicyclic amines) is 1.